The summed E-state index contributed by atoms with van der Waals surface area (Å²) in [7, 11) is 0. The van der Waals surface area contributed by atoms with E-state index in [2.05, 4.69) is 17.2 Å². The molecule has 0 spiro atoms. The molecule has 1 amide bonds. The van der Waals surface area contributed by atoms with Gasteiger partial charge in [-0.25, -0.2) is 9.78 Å². The number of esters is 1. The van der Waals surface area contributed by atoms with Crippen molar-refractivity contribution in [2.75, 3.05) is 18.5 Å². The molecule has 3 rings (SSSR count). The molecule has 0 saturated carbocycles. The highest BCUT2D eigenvalue weighted by molar-refractivity contribution is 7.22. The van der Waals surface area contributed by atoms with Gasteiger partial charge in [0.2, 0.25) is 0 Å². The summed E-state index contributed by atoms with van der Waals surface area (Å²) in [6, 6.07) is 12.2. The summed E-state index contributed by atoms with van der Waals surface area (Å²) in [6.07, 6.45) is 4.62. The molecule has 0 aliphatic heterocycles. The monoisotopic (exact) mass is 426 g/mol. The first-order chi connectivity index (χ1) is 14.6. The Morgan fingerprint density at radius 1 is 1.00 bits per heavy atom. The summed E-state index contributed by atoms with van der Waals surface area (Å²) >= 11 is 1.32. The molecular weight excluding hydrogens is 400 g/mol. The molecule has 1 aromatic heterocycles. The van der Waals surface area contributed by atoms with E-state index in [1.807, 2.05) is 0 Å². The summed E-state index contributed by atoms with van der Waals surface area (Å²) < 4.78 is 11.5. The van der Waals surface area contributed by atoms with E-state index < -0.39 is 0 Å². The van der Waals surface area contributed by atoms with Gasteiger partial charge in [0.15, 0.2) is 5.13 Å². The molecule has 0 atom stereocenters. The Morgan fingerprint density at radius 3 is 2.50 bits per heavy atom. The first-order valence-electron chi connectivity index (χ1n) is 10.2. The zero-order valence-corrected chi connectivity index (χ0v) is 18.1. The summed E-state index contributed by atoms with van der Waals surface area (Å²) in [5.74, 6) is 0.148. The highest BCUT2D eigenvalue weighted by Gasteiger charge is 2.13. The van der Waals surface area contributed by atoms with E-state index in [4.69, 9.17) is 9.47 Å². The van der Waals surface area contributed by atoms with Crippen LogP contribution in [0.1, 0.15) is 60.2 Å². The summed E-state index contributed by atoms with van der Waals surface area (Å²) in [5, 5.41) is 3.30. The fourth-order valence-electron chi connectivity index (χ4n) is 2.91. The van der Waals surface area contributed by atoms with Gasteiger partial charge in [0.1, 0.15) is 5.75 Å². The predicted octanol–water partition coefficient (Wildman–Crippen LogP) is 5.68. The summed E-state index contributed by atoms with van der Waals surface area (Å²) in [6.45, 7) is 4.96. The van der Waals surface area contributed by atoms with Crippen LogP contribution in [0, 0.1) is 0 Å². The van der Waals surface area contributed by atoms with Gasteiger partial charge >= 0.3 is 5.97 Å². The van der Waals surface area contributed by atoms with Crippen LogP contribution >= 0.6 is 11.3 Å². The SMILES string of the molecule is CCCCCCOc1ccc(C(=O)Nc2nc3ccc(C(=O)OCC)cc3s2)cc1. The van der Waals surface area contributed by atoms with Gasteiger partial charge in [-0.15, -0.1) is 0 Å². The van der Waals surface area contributed by atoms with E-state index >= 15 is 0 Å². The van der Waals surface area contributed by atoms with Crippen LogP contribution in [0.4, 0.5) is 5.13 Å². The first-order valence-corrected chi connectivity index (χ1v) is 11.0. The molecule has 158 valence electrons. The molecule has 0 fully saturated rings. The molecule has 1 N–H and O–H groups in total. The number of carbonyl (C=O) groups excluding carboxylic acids is 2. The Hall–Kier alpha value is -2.93. The van der Waals surface area contributed by atoms with Crippen molar-refractivity contribution in [1.82, 2.24) is 4.98 Å². The Morgan fingerprint density at radius 2 is 1.77 bits per heavy atom. The summed E-state index contributed by atoms with van der Waals surface area (Å²) in [5.41, 5.74) is 1.71. The molecule has 0 radical (unpaired) electrons. The normalized spacial score (nSPS) is 10.7. The Bertz CT molecular complexity index is 998. The number of ether oxygens (including phenoxy) is 2. The number of unbranched alkanes of at least 4 members (excludes halogenated alkanes) is 3. The van der Waals surface area contributed by atoms with Crippen LogP contribution in [0.2, 0.25) is 0 Å². The van der Waals surface area contributed by atoms with Crippen molar-refractivity contribution in [3.8, 4) is 5.75 Å². The van der Waals surface area contributed by atoms with Crippen molar-refractivity contribution < 1.29 is 19.1 Å². The van der Waals surface area contributed by atoms with Gasteiger partial charge in [-0.3, -0.25) is 10.1 Å². The molecule has 6 nitrogen and oxygen atoms in total. The second-order valence-electron chi connectivity index (χ2n) is 6.81. The number of benzene rings is 2. The van der Waals surface area contributed by atoms with Crippen LogP contribution in [0.25, 0.3) is 10.2 Å². The number of hydrogen-bond donors (Lipinski definition) is 1. The van der Waals surface area contributed by atoms with Crippen molar-refractivity contribution in [3.63, 3.8) is 0 Å². The van der Waals surface area contributed by atoms with Crippen molar-refractivity contribution in [1.29, 1.82) is 0 Å². The van der Waals surface area contributed by atoms with E-state index in [1.54, 1.807) is 49.4 Å². The predicted molar refractivity (Wildman–Crippen MR) is 120 cm³/mol. The quantitative estimate of drug-likeness (QED) is 0.333. The number of rotatable bonds is 10. The lowest BCUT2D eigenvalue weighted by atomic mass is 10.2. The number of anilines is 1. The fraction of sp³-hybridized carbons (Fsp3) is 0.348. The largest absolute Gasteiger partial charge is 0.494 e. The van der Waals surface area contributed by atoms with E-state index in [9.17, 15) is 9.59 Å². The number of carbonyl (C=O) groups is 2. The van der Waals surface area contributed by atoms with Crippen molar-refractivity contribution in [2.24, 2.45) is 0 Å². The maximum Gasteiger partial charge on any atom is 0.338 e. The minimum Gasteiger partial charge on any atom is -0.494 e. The van der Waals surface area contributed by atoms with Crippen LogP contribution in [0.3, 0.4) is 0 Å². The third-order valence-electron chi connectivity index (χ3n) is 4.50. The topological polar surface area (TPSA) is 77.5 Å². The molecule has 0 aliphatic carbocycles. The van der Waals surface area contributed by atoms with Crippen molar-refractivity contribution in [3.05, 3.63) is 53.6 Å². The van der Waals surface area contributed by atoms with Gasteiger partial charge in [0, 0.05) is 5.56 Å². The summed E-state index contributed by atoms with van der Waals surface area (Å²) in [4.78, 5) is 28.8. The van der Waals surface area contributed by atoms with Gasteiger partial charge in [-0.05, 0) is 55.8 Å². The standard InChI is InChI=1S/C23H26N2O4S/c1-3-5-6-7-14-29-18-11-8-16(9-12-18)21(26)25-23-24-19-13-10-17(15-20(19)30-23)22(27)28-4-2/h8-13,15H,3-7,14H2,1-2H3,(H,24,25,26). The number of nitrogens with one attached hydrogen (secondary N) is 1. The van der Waals surface area contributed by atoms with Gasteiger partial charge < -0.3 is 9.47 Å². The Labute approximate surface area is 180 Å². The third kappa shape index (κ3) is 5.79. The lowest BCUT2D eigenvalue weighted by molar-refractivity contribution is 0.0526. The average Bonchev–Trinajstić information content (AvgIpc) is 3.15. The highest BCUT2D eigenvalue weighted by Crippen LogP contribution is 2.27. The number of amides is 1. The minimum atomic E-state index is -0.369. The molecule has 1 heterocycles. The molecule has 0 unspecified atom stereocenters. The number of thiazole rings is 1. The molecule has 0 bridgehead atoms. The molecule has 2 aromatic carbocycles. The lowest BCUT2D eigenvalue weighted by Crippen LogP contribution is -2.11. The second kappa shape index (κ2) is 10.7. The van der Waals surface area contributed by atoms with Crippen LogP contribution in [-0.2, 0) is 4.74 Å². The average molecular weight is 427 g/mol. The van der Waals surface area contributed by atoms with Gasteiger partial charge in [0.25, 0.3) is 5.91 Å². The van der Waals surface area contributed by atoms with Gasteiger partial charge in [0.05, 0.1) is 29.0 Å². The molecule has 3 aromatic rings. The van der Waals surface area contributed by atoms with Crippen LogP contribution in [-0.4, -0.2) is 30.1 Å². The number of nitrogens with zero attached hydrogens (tertiary/aromatic N) is 1. The van der Waals surface area contributed by atoms with Crippen molar-refractivity contribution in [2.45, 2.75) is 39.5 Å². The van der Waals surface area contributed by atoms with E-state index in [0.29, 0.717) is 29.5 Å². The molecule has 0 saturated heterocycles. The molecule has 30 heavy (non-hydrogen) atoms. The maximum absolute atomic E-state index is 12.5. The van der Waals surface area contributed by atoms with E-state index in [1.165, 1.54) is 30.6 Å². The minimum absolute atomic E-state index is 0.242. The molecule has 0 aliphatic rings. The highest BCUT2D eigenvalue weighted by atomic mass is 32.1. The zero-order chi connectivity index (χ0) is 21.3. The van der Waals surface area contributed by atoms with E-state index in [-0.39, 0.29) is 11.9 Å². The fourth-order valence-corrected chi connectivity index (χ4v) is 3.81. The van der Waals surface area contributed by atoms with Crippen LogP contribution in [0.5, 0.6) is 5.75 Å². The molecular formula is C23H26N2O4S. The Balaban J connectivity index is 1.59. The van der Waals surface area contributed by atoms with E-state index in [0.717, 1.165) is 22.4 Å². The smallest absolute Gasteiger partial charge is 0.338 e. The van der Waals surface area contributed by atoms with Gasteiger partial charge in [-0.2, -0.15) is 0 Å². The Kier molecular flexibility index (Phi) is 7.79. The number of fused-ring (bicyclic) bond motifs is 1. The second-order valence-corrected chi connectivity index (χ2v) is 7.84. The van der Waals surface area contributed by atoms with Gasteiger partial charge in [-0.1, -0.05) is 37.5 Å². The molecule has 7 heteroatoms. The zero-order valence-electron chi connectivity index (χ0n) is 17.3. The van der Waals surface area contributed by atoms with Crippen LogP contribution in [0.15, 0.2) is 42.5 Å². The number of hydrogen-bond acceptors (Lipinski definition) is 6. The first kappa shape index (κ1) is 21.8. The van der Waals surface area contributed by atoms with Crippen LogP contribution < -0.4 is 10.1 Å². The maximum atomic E-state index is 12.5. The lowest BCUT2D eigenvalue weighted by Gasteiger charge is -2.07. The number of aromatic nitrogens is 1. The third-order valence-corrected chi connectivity index (χ3v) is 5.44. The van der Waals surface area contributed by atoms with Crippen molar-refractivity contribution >= 4 is 38.6 Å².